The van der Waals surface area contributed by atoms with E-state index in [-0.39, 0.29) is 18.1 Å². The third kappa shape index (κ3) is 5.63. The molecule has 4 aromatic rings. The number of amides is 3. The normalized spacial score (nSPS) is 18.9. The second-order valence-corrected chi connectivity index (χ2v) is 12.1. The van der Waals surface area contributed by atoms with Crippen LogP contribution < -0.4 is 19.8 Å². The van der Waals surface area contributed by atoms with E-state index in [1.165, 1.54) is 48.5 Å². The van der Waals surface area contributed by atoms with Crippen molar-refractivity contribution in [3.63, 3.8) is 0 Å². The molecule has 224 valence electrons. The van der Waals surface area contributed by atoms with E-state index in [2.05, 4.69) is 10.3 Å². The van der Waals surface area contributed by atoms with E-state index < -0.39 is 46.6 Å². The SMILES string of the molecule is CCOC(=O)c1ccc(N2C(=O)C3Sc4[nH]c(=O)sc4[C@H](c4cccc(OCC(=O)Nc5ccc(F)cc5)c4)C3C2=O)cc1. The molecule has 2 unspecified atom stereocenters. The van der Waals surface area contributed by atoms with Gasteiger partial charge in [-0.05, 0) is 73.2 Å². The average Bonchev–Trinajstić information content (AvgIpc) is 3.51. The lowest BCUT2D eigenvalue weighted by molar-refractivity contribution is -0.122. The van der Waals surface area contributed by atoms with E-state index in [1.54, 1.807) is 31.2 Å². The summed E-state index contributed by atoms with van der Waals surface area (Å²) in [6.45, 7) is 1.58. The molecule has 3 aromatic carbocycles. The fraction of sp³-hybridized carbons (Fsp3) is 0.194. The monoisotopic (exact) mass is 633 g/mol. The molecule has 1 aromatic heterocycles. The van der Waals surface area contributed by atoms with Gasteiger partial charge in [-0.15, -0.1) is 0 Å². The fourth-order valence-electron chi connectivity index (χ4n) is 5.27. The van der Waals surface area contributed by atoms with Gasteiger partial charge >= 0.3 is 10.8 Å². The lowest BCUT2D eigenvalue weighted by atomic mass is 9.83. The number of esters is 1. The van der Waals surface area contributed by atoms with Gasteiger partial charge in [-0.25, -0.2) is 14.1 Å². The summed E-state index contributed by atoms with van der Waals surface area (Å²) in [6, 6.07) is 18.2. The van der Waals surface area contributed by atoms with Crippen LogP contribution in [0.15, 0.2) is 82.6 Å². The van der Waals surface area contributed by atoms with Crippen LogP contribution in [0.1, 0.15) is 33.6 Å². The molecule has 10 nitrogen and oxygen atoms in total. The molecule has 2 N–H and O–H groups in total. The number of nitrogens with one attached hydrogen (secondary N) is 2. The first-order valence-electron chi connectivity index (χ1n) is 13.6. The molecular formula is C31H24FN3O7S2. The Kier molecular flexibility index (Phi) is 8.06. The quantitative estimate of drug-likeness (QED) is 0.213. The van der Waals surface area contributed by atoms with Crippen LogP contribution in [0.5, 0.6) is 5.75 Å². The zero-order valence-electron chi connectivity index (χ0n) is 23.1. The Morgan fingerprint density at radius 3 is 2.48 bits per heavy atom. The van der Waals surface area contributed by atoms with Gasteiger partial charge in [-0.2, -0.15) is 0 Å². The lowest BCUT2D eigenvalue weighted by Crippen LogP contribution is -2.32. The number of benzene rings is 3. The minimum Gasteiger partial charge on any atom is -0.484 e. The highest BCUT2D eigenvalue weighted by Gasteiger charge is 2.56. The summed E-state index contributed by atoms with van der Waals surface area (Å²) in [7, 11) is 0. The molecule has 0 radical (unpaired) electrons. The van der Waals surface area contributed by atoms with Gasteiger partial charge in [0.05, 0.1) is 28.8 Å². The van der Waals surface area contributed by atoms with Crippen molar-refractivity contribution in [1.82, 2.24) is 4.98 Å². The molecule has 3 heterocycles. The Labute approximate surface area is 258 Å². The Hall–Kier alpha value is -4.75. The predicted molar refractivity (Wildman–Crippen MR) is 162 cm³/mol. The molecule has 3 atom stereocenters. The van der Waals surface area contributed by atoms with Crippen LogP contribution >= 0.6 is 23.1 Å². The molecule has 0 spiro atoms. The van der Waals surface area contributed by atoms with Crippen molar-refractivity contribution in [1.29, 1.82) is 0 Å². The molecule has 13 heteroatoms. The van der Waals surface area contributed by atoms with Crippen LogP contribution in [-0.2, 0) is 19.1 Å². The Balaban J connectivity index is 1.26. The molecule has 1 saturated heterocycles. The molecule has 0 bridgehead atoms. The van der Waals surface area contributed by atoms with E-state index in [9.17, 15) is 28.4 Å². The lowest BCUT2D eigenvalue weighted by Gasteiger charge is -2.30. The van der Waals surface area contributed by atoms with E-state index >= 15 is 0 Å². The van der Waals surface area contributed by atoms with E-state index in [0.717, 1.165) is 28.0 Å². The van der Waals surface area contributed by atoms with Gasteiger partial charge in [0.1, 0.15) is 16.8 Å². The summed E-state index contributed by atoms with van der Waals surface area (Å²) in [4.78, 5) is 68.8. The van der Waals surface area contributed by atoms with Crippen molar-refractivity contribution in [3.8, 4) is 5.75 Å². The van der Waals surface area contributed by atoms with Crippen LogP contribution in [0.4, 0.5) is 15.8 Å². The maximum Gasteiger partial charge on any atom is 0.338 e. The number of anilines is 2. The average molecular weight is 634 g/mol. The number of halogens is 1. The van der Waals surface area contributed by atoms with Crippen LogP contribution in [0, 0.1) is 11.7 Å². The summed E-state index contributed by atoms with van der Waals surface area (Å²) < 4.78 is 23.9. The number of thioether (sulfide) groups is 1. The second-order valence-electron chi connectivity index (χ2n) is 9.95. The Morgan fingerprint density at radius 1 is 1.00 bits per heavy atom. The fourth-order valence-corrected chi connectivity index (χ4v) is 7.78. The molecular weight excluding hydrogens is 609 g/mol. The van der Waals surface area contributed by atoms with Gasteiger partial charge in [0, 0.05) is 16.5 Å². The molecule has 1 fully saturated rings. The number of carbonyl (C=O) groups excluding carboxylic acids is 4. The van der Waals surface area contributed by atoms with E-state index in [0.29, 0.717) is 38.2 Å². The number of imide groups is 1. The molecule has 6 rings (SSSR count). The first-order chi connectivity index (χ1) is 21.2. The highest BCUT2D eigenvalue weighted by molar-refractivity contribution is 8.00. The van der Waals surface area contributed by atoms with Crippen LogP contribution in [0.25, 0.3) is 0 Å². The molecule has 0 aliphatic carbocycles. The zero-order chi connectivity index (χ0) is 31.0. The third-order valence-electron chi connectivity index (χ3n) is 7.18. The number of nitrogens with zero attached hydrogens (tertiary/aromatic N) is 1. The highest BCUT2D eigenvalue weighted by atomic mass is 32.2. The van der Waals surface area contributed by atoms with E-state index in [1.807, 2.05) is 0 Å². The largest absolute Gasteiger partial charge is 0.484 e. The van der Waals surface area contributed by atoms with Gasteiger partial charge in [0.15, 0.2) is 6.61 Å². The van der Waals surface area contributed by atoms with Crippen molar-refractivity contribution in [3.05, 3.63) is 104 Å². The van der Waals surface area contributed by atoms with Crippen molar-refractivity contribution < 1.29 is 33.0 Å². The first-order valence-corrected chi connectivity index (χ1v) is 15.3. The van der Waals surface area contributed by atoms with Crippen molar-refractivity contribution in [2.45, 2.75) is 23.1 Å². The number of H-pyrrole nitrogens is 1. The summed E-state index contributed by atoms with van der Waals surface area (Å²) in [6.07, 6.45) is 0. The van der Waals surface area contributed by atoms with Gasteiger partial charge in [-0.3, -0.25) is 19.2 Å². The topological polar surface area (TPSA) is 135 Å². The van der Waals surface area contributed by atoms with Gasteiger partial charge in [-0.1, -0.05) is 35.2 Å². The second kappa shape index (κ2) is 12.1. The number of thiazole rings is 1. The number of aromatic nitrogens is 1. The van der Waals surface area contributed by atoms with Gasteiger partial charge in [0.2, 0.25) is 11.8 Å². The maximum atomic E-state index is 14.0. The summed E-state index contributed by atoms with van der Waals surface area (Å²) in [5.41, 5.74) is 1.66. The van der Waals surface area contributed by atoms with Crippen LogP contribution in [0.3, 0.4) is 0 Å². The number of aromatic amines is 1. The molecule has 0 saturated carbocycles. The van der Waals surface area contributed by atoms with Gasteiger partial charge < -0.3 is 19.8 Å². The minimum atomic E-state index is -0.826. The highest BCUT2D eigenvalue weighted by Crippen LogP contribution is 2.53. The maximum absolute atomic E-state index is 14.0. The van der Waals surface area contributed by atoms with Gasteiger partial charge in [0.25, 0.3) is 5.91 Å². The first kappa shape index (κ1) is 29.3. The van der Waals surface area contributed by atoms with Crippen LogP contribution in [0.2, 0.25) is 0 Å². The van der Waals surface area contributed by atoms with Crippen molar-refractivity contribution in [2.75, 3.05) is 23.4 Å². The standard InChI is InChI=1S/C31H24FN3O7S2/c1-2-41-30(39)16-6-12-20(13-7-16)35-28(37)24-23(25-27(34-31(40)44-25)43-26(24)29(35)38)17-4-3-5-21(14-17)42-15-22(36)33-19-10-8-18(32)9-11-19/h3-14,23-24,26H,2,15H2,1H3,(H,33,36)(H,34,40)/t23-,24?,26?/m1/s1. The molecule has 3 amide bonds. The predicted octanol–water partition coefficient (Wildman–Crippen LogP) is 4.57. The van der Waals surface area contributed by atoms with Crippen molar-refractivity contribution in [2.24, 2.45) is 5.92 Å². The zero-order valence-corrected chi connectivity index (χ0v) is 24.7. The summed E-state index contributed by atoms with van der Waals surface area (Å²) in [5.74, 6) is -3.37. The Morgan fingerprint density at radius 2 is 1.75 bits per heavy atom. The third-order valence-corrected chi connectivity index (χ3v) is 9.58. The van der Waals surface area contributed by atoms with E-state index in [4.69, 9.17) is 9.47 Å². The molecule has 2 aliphatic heterocycles. The number of rotatable bonds is 8. The number of hydrogen-bond acceptors (Lipinski definition) is 9. The summed E-state index contributed by atoms with van der Waals surface area (Å²) >= 11 is 2.13. The number of hydrogen-bond donors (Lipinski definition) is 2. The molecule has 2 aliphatic rings. The summed E-state index contributed by atoms with van der Waals surface area (Å²) in [5, 5.41) is 2.35. The number of fused-ring (bicyclic) bond motifs is 2. The smallest absolute Gasteiger partial charge is 0.338 e. The Bertz CT molecular complexity index is 1820. The van der Waals surface area contributed by atoms with Crippen LogP contribution in [-0.4, -0.2) is 47.1 Å². The van der Waals surface area contributed by atoms with Crippen molar-refractivity contribution >= 4 is 58.2 Å². The number of carbonyl (C=O) groups is 4. The minimum absolute atomic E-state index is 0.216. The number of ether oxygens (including phenoxy) is 2. The molecule has 44 heavy (non-hydrogen) atoms.